The summed E-state index contributed by atoms with van der Waals surface area (Å²) >= 11 is 0. The minimum Gasteiger partial charge on any atom is -0.310 e. The topological polar surface area (TPSA) is 30.7 Å². The van der Waals surface area contributed by atoms with Crippen LogP contribution in [-0.2, 0) is 6.42 Å². The molecule has 7 rings (SSSR count). The van der Waals surface area contributed by atoms with E-state index in [-0.39, 0.29) is 0 Å². The number of rotatable bonds is 6. The molecule has 0 saturated carbocycles. The number of aromatic nitrogens is 3. The van der Waals surface area contributed by atoms with Crippen molar-refractivity contribution < 1.29 is 0 Å². The van der Waals surface area contributed by atoms with Gasteiger partial charge in [-0.2, -0.15) is 0 Å². The monoisotopic (exact) mass is 555 g/mol. The SMILES string of the molecule is C/C=C\C(=C/C)c1cc(-c2cccc(-c3ccc(-n4c5c(c6ccccc64)CCC=C5)cc3)c2)nc(-c2ccccc2)n1. The standard InChI is InChI=1S/C40H33N3/c1-3-13-28(4-2)36-27-37(42-40(41-36)30-14-6-5-7-15-30)32-17-12-16-31(26-32)29-22-24-33(25-23-29)43-38-20-10-8-18-34(38)35-19-9-11-21-39(35)43/h3-8,10-18,20-27H,9,19H2,1-2H3/b13-3-,28-4+. The average Bonchev–Trinajstić information content (AvgIpc) is 3.42. The highest BCUT2D eigenvalue weighted by Crippen LogP contribution is 2.35. The zero-order chi connectivity index (χ0) is 29.2. The minimum atomic E-state index is 0.725. The van der Waals surface area contributed by atoms with Gasteiger partial charge in [0, 0.05) is 27.9 Å². The third-order valence-electron chi connectivity index (χ3n) is 8.19. The Hall–Kier alpha value is -5.28. The molecule has 3 heteroatoms. The van der Waals surface area contributed by atoms with E-state index in [4.69, 9.17) is 9.97 Å². The number of para-hydroxylation sites is 1. The summed E-state index contributed by atoms with van der Waals surface area (Å²) in [7, 11) is 0. The molecule has 0 saturated heterocycles. The molecule has 0 radical (unpaired) electrons. The molecule has 0 aliphatic heterocycles. The molecule has 2 aromatic heterocycles. The largest absolute Gasteiger partial charge is 0.310 e. The van der Waals surface area contributed by atoms with Crippen molar-refractivity contribution in [2.75, 3.05) is 0 Å². The Bertz CT molecular complexity index is 2020. The summed E-state index contributed by atoms with van der Waals surface area (Å²) in [5.74, 6) is 0.725. The number of nitrogens with zero attached hydrogens (tertiary/aromatic N) is 3. The van der Waals surface area contributed by atoms with Gasteiger partial charge in [0.25, 0.3) is 0 Å². The van der Waals surface area contributed by atoms with Crippen molar-refractivity contribution in [2.45, 2.75) is 26.7 Å². The van der Waals surface area contributed by atoms with Gasteiger partial charge in [0.15, 0.2) is 5.82 Å². The highest BCUT2D eigenvalue weighted by Gasteiger charge is 2.18. The predicted molar refractivity (Wildman–Crippen MR) is 181 cm³/mol. The molecule has 0 atom stereocenters. The maximum Gasteiger partial charge on any atom is 0.160 e. The lowest BCUT2D eigenvalue weighted by molar-refractivity contribution is 0.967. The van der Waals surface area contributed by atoms with E-state index in [0.29, 0.717) is 0 Å². The normalized spacial score (nSPS) is 13.1. The van der Waals surface area contributed by atoms with Crippen molar-refractivity contribution in [1.29, 1.82) is 0 Å². The van der Waals surface area contributed by atoms with Crippen molar-refractivity contribution >= 4 is 22.6 Å². The Labute approximate surface area is 253 Å². The highest BCUT2D eigenvalue weighted by molar-refractivity contribution is 5.91. The first-order valence-corrected chi connectivity index (χ1v) is 15.0. The van der Waals surface area contributed by atoms with Crippen LogP contribution in [0.25, 0.3) is 62.0 Å². The van der Waals surface area contributed by atoms with Gasteiger partial charge >= 0.3 is 0 Å². The second-order valence-electron chi connectivity index (χ2n) is 10.9. The van der Waals surface area contributed by atoms with E-state index in [1.807, 2.05) is 38.1 Å². The lowest BCUT2D eigenvalue weighted by atomic mass is 10.00. The summed E-state index contributed by atoms with van der Waals surface area (Å²) in [6.45, 7) is 4.08. The van der Waals surface area contributed by atoms with Crippen LogP contribution in [0.15, 0.2) is 133 Å². The smallest absolute Gasteiger partial charge is 0.160 e. The van der Waals surface area contributed by atoms with Crippen LogP contribution < -0.4 is 0 Å². The van der Waals surface area contributed by atoms with Gasteiger partial charge in [0.2, 0.25) is 0 Å². The molecule has 0 amide bonds. The molecule has 0 spiro atoms. The van der Waals surface area contributed by atoms with Crippen LogP contribution in [0.2, 0.25) is 0 Å². The first-order chi connectivity index (χ1) is 21.2. The van der Waals surface area contributed by atoms with E-state index < -0.39 is 0 Å². The van der Waals surface area contributed by atoms with Gasteiger partial charge < -0.3 is 4.57 Å². The fourth-order valence-corrected chi connectivity index (χ4v) is 6.09. The maximum absolute atomic E-state index is 5.03. The van der Waals surface area contributed by atoms with Crippen molar-refractivity contribution in [3.8, 4) is 39.5 Å². The Kier molecular flexibility index (Phi) is 7.14. The number of allylic oxidation sites excluding steroid dienone is 5. The zero-order valence-electron chi connectivity index (χ0n) is 24.5. The van der Waals surface area contributed by atoms with Gasteiger partial charge in [-0.1, -0.05) is 103 Å². The van der Waals surface area contributed by atoms with Crippen LogP contribution in [0.1, 0.15) is 37.2 Å². The van der Waals surface area contributed by atoms with Gasteiger partial charge in [-0.3, -0.25) is 0 Å². The molecular weight excluding hydrogens is 522 g/mol. The molecular formula is C40H33N3. The third kappa shape index (κ3) is 5.04. The fraction of sp³-hybridized carbons (Fsp3) is 0.100. The van der Waals surface area contributed by atoms with Crippen molar-refractivity contribution in [2.24, 2.45) is 0 Å². The molecule has 1 aliphatic carbocycles. The molecule has 43 heavy (non-hydrogen) atoms. The molecule has 4 aromatic carbocycles. The summed E-state index contributed by atoms with van der Waals surface area (Å²) in [5, 5.41) is 1.35. The second kappa shape index (κ2) is 11.5. The van der Waals surface area contributed by atoms with Crippen LogP contribution in [0.4, 0.5) is 0 Å². The summed E-state index contributed by atoms with van der Waals surface area (Å²) in [6.07, 6.45) is 13.0. The molecule has 1 aliphatic rings. The van der Waals surface area contributed by atoms with E-state index in [1.54, 1.807) is 0 Å². The molecule has 0 N–H and O–H groups in total. The van der Waals surface area contributed by atoms with Gasteiger partial charge in [-0.15, -0.1) is 0 Å². The van der Waals surface area contributed by atoms with Crippen LogP contribution in [-0.4, -0.2) is 14.5 Å². The lowest BCUT2D eigenvalue weighted by Gasteiger charge is -2.13. The molecule has 0 fully saturated rings. The molecule has 2 heterocycles. The number of fused-ring (bicyclic) bond motifs is 3. The second-order valence-corrected chi connectivity index (χ2v) is 10.9. The predicted octanol–water partition coefficient (Wildman–Crippen LogP) is 10.4. The third-order valence-corrected chi connectivity index (χ3v) is 8.19. The summed E-state index contributed by atoms with van der Waals surface area (Å²) in [6, 6.07) is 38.6. The van der Waals surface area contributed by atoms with E-state index in [1.165, 1.54) is 33.4 Å². The van der Waals surface area contributed by atoms with Crippen LogP contribution in [0.3, 0.4) is 0 Å². The first kappa shape index (κ1) is 26.6. The minimum absolute atomic E-state index is 0.725. The van der Waals surface area contributed by atoms with Gasteiger partial charge in [0.05, 0.1) is 16.9 Å². The van der Waals surface area contributed by atoms with Crippen LogP contribution in [0.5, 0.6) is 0 Å². The molecule has 6 aromatic rings. The Morgan fingerprint density at radius 2 is 1.49 bits per heavy atom. The van der Waals surface area contributed by atoms with Crippen LogP contribution >= 0.6 is 0 Å². The number of benzene rings is 4. The van der Waals surface area contributed by atoms with Gasteiger partial charge in [0.1, 0.15) is 0 Å². The number of hydrogen-bond acceptors (Lipinski definition) is 2. The van der Waals surface area contributed by atoms with E-state index in [2.05, 4.69) is 120 Å². The zero-order valence-corrected chi connectivity index (χ0v) is 24.5. The van der Waals surface area contributed by atoms with E-state index >= 15 is 0 Å². The molecule has 0 bridgehead atoms. The number of hydrogen-bond donors (Lipinski definition) is 0. The Balaban J connectivity index is 1.28. The van der Waals surface area contributed by atoms with Crippen molar-refractivity contribution in [1.82, 2.24) is 14.5 Å². The Morgan fingerprint density at radius 1 is 0.721 bits per heavy atom. The fourth-order valence-electron chi connectivity index (χ4n) is 6.09. The summed E-state index contributed by atoms with van der Waals surface area (Å²) in [5.41, 5.74) is 12.5. The first-order valence-electron chi connectivity index (χ1n) is 15.0. The van der Waals surface area contributed by atoms with Gasteiger partial charge in [-0.25, -0.2) is 9.97 Å². The van der Waals surface area contributed by atoms with Crippen molar-refractivity contribution in [3.05, 3.63) is 150 Å². The quantitative estimate of drug-likeness (QED) is 0.191. The summed E-state index contributed by atoms with van der Waals surface area (Å²) < 4.78 is 2.40. The number of aryl methyl sites for hydroxylation is 1. The highest BCUT2D eigenvalue weighted by atomic mass is 15.0. The summed E-state index contributed by atoms with van der Waals surface area (Å²) in [4.78, 5) is 9.98. The van der Waals surface area contributed by atoms with Gasteiger partial charge in [-0.05, 0) is 85.4 Å². The van der Waals surface area contributed by atoms with Crippen LogP contribution in [0, 0.1) is 0 Å². The lowest BCUT2D eigenvalue weighted by Crippen LogP contribution is -2.00. The average molecular weight is 556 g/mol. The van der Waals surface area contributed by atoms with E-state index in [9.17, 15) is 0 Å². The molecule has 208 valence electrons. The van der Waals surface area contributed by atoms with Crippen molar-refractivity contribution in [3.63, 3.8) is 0 Å². The Morgan fingerprint density at radius 3 is 2.30 bits per heavy atom. The maximum atomic E-state index is 5.03. The van der Waals surface area contributed by atoms with E-state index in [0.717, 1.165) is 52.3 Å². The molecule has 0 unspecified atom stereocenters. The molecule has 3 nitrogen and oxygen atoms in total.